The highest BCUT2D eigenvalue weighted by Crippen LogP contribution is 2.34. The molecule has 3 aromatic rings. The Labute approximate surface area is 149 Å². The van der Waals surface area contributed by atoms with Crippen molar-refractivity contribution in [1.82, 2.24) is 4.98 Å². The predicted molar refractivity (Wildman–Crippen MR) is 98.4 cm³/mol. The van der Waals surface area contributed by atoms with Crippen molar-refractivity contribution in [3.05, 3.63) is 71.6 Å². The fraction of sp³-hybridized carbons (Fsp3) is 0.200. The van der Waals surface area contributed by atoms with E-state index >= 15 is 0 Å². The zero-order valence-corrected chi connectivity index (χ0v) is 14.4. The summed E-state index contributed by atoms with van der Waals surface area (Å²) < 4.78 is 13.1. The Hall–Kier alpha value is -2.53. The van der Waals surface area contributed by atoms with Gasteiger partial charge in [0.2, 0.25) is 0 Å². The Bertz CT molecular complexity index is 872. The molecule has 0 bridgehead atoms. The fourth-order valence-electron chi connectivity index (χ4n) is 2.73. The highest BCUT2D eigenvalue weighted by atomic mass is 32.1. The Morgan fingerprint density at radius 3 is 2.64 bits per heavy atom. The van der Waals surface area contributed by atoms with Crippen LogP contribution in [0.1, 0.15) is 22.5 Å². The van der Waals surface area contributed by atoms with Gasteiger partial charge in [0.1, 0.15) is 5.82 Å². The summed E-state index contributed by atoms with van der Waals surface area (Å²) in [5, 5.41) is 0. The lowest BCUT2D eigenvalue weighted by molar-refractivity contribution is 0.0989. The van der Waals surface area contributed by atoms with Crippen LogP contribution in [0, 0.1) is 11.7 Å². The van der Waals surface area contributed by atoms with Gasteiger partial charge in [0.15, 0.2) is 0 Å². The summed E-state index contributed by atoms with van der Waals surface area (Å²) in [7, 11) is 0. The number of carbonyl (C=O) groups is 1. The summed E-state index contributed by atoms with van der Waals surface area (Å²) in [6.07, 6.45) is 5.79. The van der Waals surface area contributed by atoms with Gasteiger partial charge < -0.3 is 4.90 Å². The highest BCUT2D eigenvalue weighted by Gasteiger charge is 2.29. The lowest BCUT2D eigenvalue weighted by Gasteiger charge is -2.21. The monoisotopic (exact) mass is 352 g/mol. The lowest BCUT2D eigenvalue weighted by Crippen LogP contribution is -2.32. The third-order valence-electron chi connectivity index (χ3n) is 4.29. The van der Waals surface area contributed by atoms with Crippen molar-refractivity contribution in [2.75, 3.05) is 11.4 Å². The smallest absolute Gasteiger partial charge is 0.268 e. The summed E-state index contributed by atoms with van der Waals surface area (Å²) in [5.41, 5.74) is 1.75. The molecule has 0 aliphatic heterocycles. The average molecular weight is 352 g/mol. The van der Waals surface area contributed by atoms with Gasteiger partial charge in [-0.1, -0.05) is 12.1 Å². The molecule has 0 atom stereocenters. The molecular formula is C20H17FN2OS. The van der Waals surface area contributed by atoms with Gasteiger partial charge in [-0.3, -0.25) is 9.78 Å². The van der Waals surface area contributed by atoms with Crippen LogP contribution in [-0.2, 0) is 0 Å². The van der Waals surface area contributed by atoms with Crippen LogP contribution in [0.15, 0.2) is 60.9 Å². The molecular weight excluding hydrogens is 335 g/mol. The van der Waals surface area contributed by atoms with Crippen molar-refractivity contribution < 1.29 is 9.18 Å². The van der Waals surface area contributed by atoms with Crippen molar-refractivity contribution >= 4 is 22.9 Å². The van der Waals surface area contributed by atoms with Gasteiger partial charge in [0, 0.05) is 17.6 Å². The molecule has 25 heavy (non-hydrogen) atoms. The van der Waals surface area contributed by atoms with Crippen molar-refractivity contribution in [3.63, 3.8) is 0 Å². The van der Waals surface area contributed by atoms with Crippen molar-refractivity contribution in [3.8, 4) is 10.4 Å². The Balaban J connectivity index is 1.61. The van der Waals surface area contributed by atoms with E-state index in [1.165, 1.54) is 36.3 Å². The molecule has 5 heteroatoms. The van der Waals surface area contributed by atoms with Crippen molar-refractivity contribution in [1.29, 1.82) is 0 Å². The zero-order chi connectivity index (χ0) is 17.2. The number of halogens is 1. The van der Waals surface area contributed by atoms with Crippen LogP contribution in [0.5, 0.6) is 0 Å². The fourth-order valence-corrected chi connectivity index (χ4v) is 3.69. The summed E-state index contributed by atoms with van der Waals surface area (Å²) in [6.45, 7) is 0.730. The second-order valence-corrected chi connectivity index (χ2v) is 7.32. The summed E-state index contributed by atoms with van der Waals surface area (Å²) in [4.78, 5) is 20.7. The molecule has 1 aliphatic rings. The largest absolute Gasteiger partial charge is 0.306 e. The number of hydrogen-bond acceptors (Lipinski definition) is 3. The van der Waals surface area contributed by atoms with Gasteiger partial charge in [-0.25, -0.2) is 4.39 Å². The number of hydrogen-bond donors (Lipinski definition) is 0. The number of carbonyl (C=O) groups excluding carboxylic acids is 1. The molecule has 0 saturated heterocycles. The zero-order valence-electron chi connectivity index (χ0n) is 13.6. The van der Waals surface area contributed by atoms with Gasteiger partial charge in [0.25, 0.3) is 5.91 Å². The van der Waals surface area contributed by atoms with Gasteiger partial charge >= 0.3 is 0 Å². The minimum absolute atomic E-state index is 0.00161. The quantitative estimate of drug-likeness (QED) is 0.647. The highest BCUT2D eigenvalue weighted by molar-refractivity contribution is 7.17. The van der Waals surface area contributed by atoms with E-state index in [0.717, 1.165) is 22.7 Å². The number of anilines is 1. The molecule has 0 N–H and O–H groups in total. The minimum atomic E-state index is -0.260. The van der Waals surface area contributed by atoms with Crippen LogP contribution in [0.2, 0.25) is 0 Å². The lowest BCUT2D eigenvalue weighted by atomic mass is 10.2. The SMILES string of the molecule is O=C(c1ccc(-c2ccc(F)cc2)s1)N(CC1CC1)c1cccnc1. The summed E-state index contributed by atoms with van der Waals surface area (Å²) in [6, 6.07) is 13.9. The molecule has 2 aromatic heterocycles. The van der Waals surface area contributed by atoms with E-state index in [1.54, 1.807) is 24.5 Å². The van der Waals surface area contributed by atoms with Crippen LogP contribution in [0.3, 0.4) is 0 Å². The van der Waals surface area contributed by atoms with Gasteiger partial charge in [-0.2, -0.15) is 0 Å². The Morgan fingerprint density at radius 1 is 1.16 bits per heavy atom. The van der Waals surface area contributed by atoms with E-state index in [2.05, 4.69) is 4.98 Å². The molecule has 0 spiro atoms. The molecule has 0 radical (unpaired) electrons. The van der Waals surface area contributed by atoms with Crippen LogP contribution < -0.4 is 4.90 Å². The van der Waals surface area contributed by atoms with E-state index in [4.69, 9.17) is 0 Å². The number of thiophene rings is 1. The first-order valence-electron chi connectivity index (χ1n) is 8.28. The molecule has 2 heterocycles. The van der Waals surface area contributed by atoms with Crippen LogP contribution in [-0.4, -0.2) is 17.4 Å². The first kappa shape index (κ1) is 16.0. The summed E-state index contributed by atoms with van der Waals surface area (Å²) >= 11 is 1.44. The Morgan fingerprint density at radius 2 is 1.96 bits per heavy atom. The molecule has 0 unspecified atom stereocenters. The molecule has 3 nitrogen and oxygen atoms in total. The maximum Gasteiger partial charge on any atom is 0.268 e. The van der Waals surface area contributed by atoms with Gasteiger partial charge in [0.05, 0.1) is 16.8 Å². The average Bonchev–Trinajstić information content (AvgIpc) is 3.34. The van der Waals surface area contributed by atoms with E-state index in [1.807, 2.05) is 29.2 Å². The minimum Gasteiger partial charge on any atom is -0.306 e. The van der Waals surface area contributed by atoms with Crippen LogP contribution >= 0.6 is 11.3 Å². The first-order chi connectivity index (χ1) is 12.2. The third kappa shape index (κ3) is 3.61. The maximum atomic E-state index is 13.1. The van der Waals surface area contributed by atoms with E-state index < -0.39 is 0 Å². The van der Waals surface area contributed by atoms with E-state index in [0.29, 0.717) is 10.8 Å². The number of rotatable bonds is 5. The molecule has 126 valence electrons. The molecule has 1 fully saturated rings. The molecule has 1 amide bonds. The predicted octanol–water partition coefficient (Wildman–Crippen LogP) is 5.01. The van der Waals surface area contributed by atoms with Crippen molar-refractivity contribution in [2.45, 2.75) is 12.8 Å². The van der Waals surface area contributed by atoms with E-state index in [-0.39, 0.29) is 11.7 Å². The number of amides is 1. The first-order valence-corrected chi connectivity index (χ1v) is 9.10. The maximum absolute atomic E-state index is 13.1. The third-order valence-corrected chi connectivity index (χ3v) is 5.41. The Kier molecular flexibility index (Phi) is 4.32. The van der Waals surface area contributed by atoms with Crippen LogP contribution in [0.25, 0.3) is 10.4 Å². The van der Waals surface area contributed by atoms with Crippen LogP contribution in [0.4, 0.5) is 10.1 Å². The second kappa shape index (κ2) is 6.76. The number of nitrogens with zero attached hydrogens (tertiary/aromatic N) is 2. The number of aromatic nitrogens is 1. The standard InChI is InChI=1S/C20H17FN2OS/c21-16-7-5-15(6-8-16)18-9-10-19(25-18)20(24)23(13-14-3-4-14)17-2-1-11-22-12-17/h1-2,5-12,14H,3-4,13H2. The normalized spacial score (nSPS) is 13.6. The molecule has 4 rings (SSSR count). The summed E-state index contributed by atoms with van der Waals surface area (Å²) in [5.74, 6) is 0.322. The second-order valence-electron chi connectivity index (χ2n) is 6.24. The van der Waals surface area contributed by atoms with E-state index in [9.17, 15) is 9.18 Å². The number of pyridine rings is 1. The molecule has 1 aliphatic carbocycles. The topological polar surface area (TPSA) is 33.2 Å². The van der Waals surface area contributed by atoms with Gasteiger partial charge in [-0.05, 0) is 60.7 Å². The molecule has 1 aromatic carbocycles. The number of benzene rings is 1. The van der Waals surface area contributed by atoms with Gasteiger partial charge in [-0.15, -0.1) is 11.3 Å². The molecule has 1 saturated carbocycles. The van der Waals surface area contributed by atoms with Crippen molar-refractivity contribution in [2.24, 2.45) is 5.92 Å².